The Morgan fingerprint density at radius 2 is 2.09 bits per heavy atom. The summed E-state index contributed by atoms with van der Waals surface area (Å²) >= 11 is 8.99. The SMILES string of the molecule is CC1CCc2c(Br)sc(Br)c21. The van der Waals surface area contributed by atoms with E-state index in [-0.39, 0.29) is 0 Å². The lowest BCUT2D eigenvalue weighted by molar-refractivity contribution is 0.745. The van der Waals surface area contributed by atoms with Gasteiger partial charge in [-0.3, -0.25) is 0 Å². The molecule has 3 heteroatoms. The van der Waals surface area contributed by atoms with Gasteiger partial charge in [-0.2, -0.15) is 0 Å². The molecular weight excluding hydrogens is 288 g/mol. The fourth-order valence-electron chi connectivity index (χ4n) is 1.65. The largest absolute Gasteiger partial charge is 0.121 e. The maximum Gasteiger partial charge on any atom is 0.0748 e. The molecule has 0 bridgehead atoms. The maximum absolute atomic E-state index is 3.60. The lowest BCUT2D eigenvalue weighted by Gasteiger charge is -1.99. The van der Waals surface area contributed by atoms with Crippen LogP contribution in [-0.4, -0.2) is 0 Å². The third-order valence-corrected chi connectivity index (χ3v) is 4.98. The van der Waals surface area contributed by atoms with Gasteiger partial charge < -0.3 is 0 Å². The molecule has 0 saturated carbocycles. The minimum Gasteiger partial charge on any atom is -0.121 e. The Labute approximate surface area is 87.3 Å². The zero-order valence-corrected chi connectivity index (χ0v) is 10.1. The maximum atomic E-state index is 3.60. The number of fused-ring (bicyclic) bond motifs is 1. The Balaban J connectivity index is 2.60. The third kappa shape index (κ3) is 1.21. The van der Waals surface area contributed by atoms with Crippen LogP contribution in [0.5, 0.6) is 0 Å². The van der Waals surface area contributed by atoms with Crippen LogP contribution in [0.25, 0.3) is 0 Å². The molecule has 0 fully saturated rings. The van der Waals surface area contributed by atoms with Crippen LogP contribution >= 0.6 is 43.2 Å². The van der Waals surface area contributed by atoms with E-state index in [0.29, 0.717) is 0 Å². The van der Waals surface area contributed by atoms with Crippen molar-refractivity contribution < 1.29 is 0 Å². The molecule has 2 rings (SSSR count). The van der Waals surface area contributed by atoms with E-state index in [2.05, 4.69) is 38.8 Å². The second kappa shape index (κ2) is 2.86. The van der Waals surface area contributed by atoms with Crippen LogP contribution in [0.15, 0.2) is 7.57 Å². The molecule has 1 aliphatic rings. The molecule has 0 saturated heterocycles. The zero-order valence-electron chi connectivity index (χ0n) is 6.16. The molecule has 11 heavy (non-hydrogen) atoms. The van der Waals surface area contributed by atoms with Gasteiger partial charge in [-0.25, -0.2) is 0 Å². The molecule has 1 heterocycles. The monoisotopic (exact) mass is 294 g/mol. The molecular formula is C8H8Br2S. The van der Waals surface area contributed by atoms with Crippen molar-refractivity contribution in [3.8, 4) is 0 Å². The van der Waals surface area contributed by atoms with E-state index in [1.54, 1.807) is 5.56 Å². The Bertz CT molecular complexity index is 291. The summed E-state index contributed by atoms with van der Waals surface area (Å²) in [6.07, 6.45) is 2.56. The van der Waals surface area contributed by atoms with Gasteiger partial charge in [-0.15, -0.1) is 11.3 Å². The number of rotatable bonds is 0. The van der Waals surface area contributed by atoms with E-state index in [4.69, 9.17) is 0 Å². The molecule has 0 spiro atoms. The average molecular weight is 296 g/mol. The second-order valence-electron chi connectivity index (χ2n) is 2.98. The minimum absolute atomic E-state index is 0.752. The van der Waals surface area contributed by atoms with E-state index in [1.807, 2.05) is 11.3 Å². The molecule has 0 radical (unpaired) electrons. The van der Waals surface area contributed by atoms with Crippen LogP contribution in [0.2, 0.25) is 0 Å². The van der Waals surface area contributed by atoms with E-state index < -0.39 is 0 Å². The van der Waals surface area contributed by atoms with Crippen molar-refractivity contribution in [3.05, 3.63) is 18.7 Å². The fourth-order valence-corrected chi connectivity index (χ4v) is 5.24. The highest BCUT2D eigenvalue weighted by atomic mass is 79.9. The van der Waals surface area contributed by atoms with Crippen molar-refractivity contribution in [3.63, 3.8) is 0 Å². The summed E-state index contributed by atoms with van der Waals surface area (Å²) in [5.74, 6) is 0.752. The number of hydrogen-bond donors (Lipinski definition) is 0. The van der Waals surface area contributed by atoms with Crippen molar-refractivity contribution in [2.45, 2.75) is 25.7 Å². The topological polar surface area (TPSA) is 0 Å². The van der Waals surface area contributed by atoms with Gasteiger partial charge in [0.2, 0.25) is 0 Å². The molecule has 1 aromatic heterocycles. The highest BCUT2D eigenvalue weighted by Crippen LogP contribution is 2.46. The van der Waals surface area contributed by atoms with Crippen LogP contribution in [0.1, 0.15) is 30.4 Å². The summed E-state index contributed by atoms with van der Waals surface area (Å²) in [6.45, 7) is 2.30. The molecule has 1 aromatic rings. The zero-order chi connectivity index (χ0) is 8.01. The van der Waals surface area contributed by atoms with Crippen molar-refractivity contribution >= 4 is 43.2 Å². The molecule has 0 aromatic carbocycles. The predicted molar refractivity (Wildman–Crippen MR) is 56.5 cm³/mol. The van der Waals surface area contributed by atoms with E-state index in [1.165, 1.54) is 26.0 Å². The minimum atomic E-state index is 0.752. The second-order valence-corrected chi connectivity index (χ2v) is 6.64. The van der Waals surface area contributed by atoms with Crippen LogP contribution in [-0.2, 0) is 6.42 Å². The van der Waals surface area contributed by atoms with E-state index in [0.717, 1.165) is 5.92 Å². The van der Waals surface area contributed by atoms with Gasteiger partial charge >= 0.3 is 0 Å². The van der Waals surface area contributed by atoms with Crippen molar-refractivity contribution in [1.29, 1.82) is 0 Å². The lowest BCUT2D eigenvalue weighted by Crippen LogP contribution is -1.82. The molecule has 0 amide bonds. The quantitative estimate of drug-likeness (QED) is 0.668. The Morgan fingerprint density at radius 3 is 2.73 bits per heavy atom. The van der Waals surface area contributed by atoms with Crippen molar-refractivity contribution in [1.82, 2.24) is 0 Å². The normalized spacial score (nSPS) is 22.3. The van der Waals surface area contributed by atoms with Gasteiger partial charge in [0, 0.05) is 0 Å². The molecule has 0 aliphatic heterocycles. The summed E-state index contributed by atoms with van der Waals surface area (Å²) in [4.78, 5) is 0. The van der Waals surface area contributed by atoms with E-state index in [9.17, 15) is 0 Å². The summed E-state index contributed by atoms with van der Waals surface area (Å²) in [5.41, 5.74) is 3.08. The highest BCUT2D eigenvalue weighted by molar-refractivity contribution is 9.12. The lowest BCUT2D eigenvalue weighted by atomic mass is 10.1. The summed E-state index contributed by atoms with van der Waals surface area (Å²) in [5, 5.41) is 0. The van der Waals surface area contributed by atoms with Gasteiger partial charge in [0.15, 0.2) is 0 Å². The smallest absolute Gasteiger partial charge is 0.0748 e. The molecule has 0 N–H and O–H groups in total. The number of halogens is 2. The van der Waals surface area contributed by atoms with Crippen LogP contribution in [0.4, 0.5) is 0 Å². The molecule has 1 atom stereocenters. The molecule has 60 valence electrons. The summed E-state index contributed by atoms with van der Waals surface area (Å²) < 4.78 is 2.65. The Morgan fingerprint density at radius 1 is 1.36 bits per heavy atom. The first-order valence-electron chi connectivity index (χ1n) is 3.66. The Kier molecular flexibility index (Phi) is 2.15. The fraction of sp³-hybridized carbons (Fsp3) is 0.500. The molecule has 1 aliphatic carbocycles. The first-order valence-corrected chi connectivity index (χ1v) is 6.07. The number of thiophene rings is 1. The summed E-state index contributed by atoms with van der Waals surface area (Å²) in [7, 11) is 0. The number of hydrogen-bond acceptors (Lipinski definition) is 1. The van der Waals surface area contributed by atoms with Crippen LogP contribution < -0.4 is 0 Å². The first-order chi connectivity index (χ1) is 5.20. The Hall–Kier alpha value is 0.660. The van der Waals surface area contributed by atoms with Crippen molar-refractivity contribution in [2.75, 3.05) is 0 Å². The summed E-state index contributed by atoms with van der Waals surface area (Å²) in [6, 6.07) is 0. The van der Waals surface area contributed by atoms with Gasteiger partial charge in [-0.05, 0) is 61.7 Å². The standard InChI is InChI=1S/C8H8Br2S/c1-4-2-3-5-6(4)8(10)11-7(5)9/h4H,2-3H2,1H3. The highest BCUT2D eigenvalue weighted by Gasteiger charge is 2.25. The molecule has 1 unspecified atom stereocenters. The van der Waals surface area contributed by atoms with Gasteiger partial charge in [0.1, 0.15) is 0 Å². The first kappa shape index (κ1) is 8.27. The van der Waals surface area contributed by atoms with Gasteiger partial charge in [0.05, 0.1) is 7.57 Å². The van der Waals surface area contributed by atoms with Crippen LogP contribution in [0.3, 0.4) is 0 Å². The van der Waals surface area contributed by atoms with Gasteiger partial charge in [-0.1, -0.05) is 6.92 Å². The third-order valence-electron chi connectivity index (χ3n) is 2.27. The van der Waals surface area contributed by atoms with Crippen LogP contribution in [0, 0.1) is 0 Å². The average Bonchev–Trinajstić information content (AvgIpc) is 2.41. The van der Waals surface area contributed by atoms with Crippen molar-refractivity contribution in [2.24, 2.45) is 0 Å². The molecule has 0 nitrogen and oxygen atoms in total. The van der Waals surface area contributed by atoms with E-state index >= 15 is 0 Å². The van der Waals surface area contributed by atoms with Gasteiger partial charge in [0.25, 0.3) is 0 Å². The predicted octanol–water partition coefficient (Wildman–Crippen LogP) is 4.32.